The minimum Gasteiger partial charge on any atom is -0.502 e. The Hall–Kier alpha value is -3.46. The first-order valence-corrected chi connectivity index (χ1v) is 7.29. The number of benzene rings is 2. The largest absolute Gasteiger partial charge is 0.502 e. The number of phenolic OH excluding ortho intramolecular Hbond substituents is 1. The Kier molecular flexibility index (Phi) is 5.64. The maximum atomic E-state index is 12.5. The van der Waals surface area contributed by atoms with Crippen molar-refractivity contribution in [3.8, 4) is 29.1 Å². The third-order valence-corrected chi connectivity index (χ3v) is 3.53. The Labute approximate surface area is 145 Å². The molecule has 0 aliphatic heterocycles. The van der Waals surface area contributed by atoms with E-state index in [9.17, 15) is 15.2 Å². The molecule has 25 heavy (non-hydrogen) atoms. The molecule has 1 N–H and O–H groups in total. The van der Waals surface area contributed by atoms with Gasteiger partial charge < -0.3 is 19.3 Å². The van der Waals surface area contributed by atoms with Crippen molar-refractivity contribution in [1.82, 2.24) is 0 Å². The number of nitrogens with zero attached hydrogens (tertiary/aromatic N) is 1. The number of ketones is 1. The minimum atomic E-state index is -0.420. The molecular weight excluding hydrogens is 322 g/mol. The van der Waals surface area contributed by atoms with Gasteiger partial charge in [-0.1, -0.05) is 0 Å². The Balaban J connectivity index is 2.42. The average Bonchev–Trinajstić information content (AvgIpc) is 2.66. The SMILES string of the molecule is COc1ccc(C(=O)C(C#N)=Cc2cc(OC)c(O)c(OC)c2)cc1. The maximum absolute atomic E-state index is 12.5. The number of rotatable bonds is 6. The quantitative estimate of drug-likeness (QED) is 0.494. The van der Waals surface area contributed by atoms with Crippen molar-refractivity contribution in [3.05, 3.63) is 53.1 Å². The molecule has 128 valence electrons. The number of carbonyl (C=O) groups is 1. The van der Waals surface area contributed by atoms with Crippen LogP contribution in [0, 0.1) is 11.3 Å². The highest BCUT2D eigenvalue weighted by molar-refractivity contribution is 6.14. The molecule has 0 saturated heterocycles. The summed E-state index contributed by atoms with van der Waals surface area (Å²) in [5, 5.41) is 19.3. The van der Waals surface area contributed by atoms with Crippen LogP contribution in [-0.4, -0.2) is 32.2 Å². The molecular formula is C19H17NO5. The highest BCUT2D eigenvalue weighted by Crippen LogP contribution is 2.37. The summed E-state index contributed by atoms with van der Waals surface area (Å²) in [6.45, 7) is 0. The van der Waals surface area contributed by atoms with Gasteiger partial charge >= 0.3 is 0 Å². The zero-order chi connectivity index (χ0) is 18.4. The second-order valence-corrected chi connectivity index (χ2v) is 5.00. The van der Waals surface area contributed by atoms with Crippen LogP contribution < -0.4 is 14.2 Å². The summed E-state index contributed by atoms with van der Waals surface area (Å²) in [7, 11) is 4.33. The molecule has 0 bridgehead atoms. The Bertz CT molecular complexity index is 822. The topological polar surface area (TPSA) is 88.8 Å². The summed E-state index contributed by atoms with van der Waals surface area (Å²) in [5.41, 5.74) is 0.802. The van der Waals surface area contributed by atoms with E-state index in [-0.39, 0.29) is 22.8 Å². The van der Waals surface area contributed by atoms with Crippen LogP contribution in [0.25, 0.3) is 6.08 Å². The van der Waals surface area contributed by atoms with Crippen LogP contribution in [0.1, 0.15) is 15.9 Å². The summed E-state index contributed by atoms with van der Waals surface area (Å²) in [6, 6.07) is 11.4. The van der Waals surface area contributed by atoms with Gasteiger partial charge in [0.1, 0.15) is 17.4 Å². The predicted molar refractivity (Wildman–Crippen MR) is 92.1 cm³/mol. The predicted octanol–water partition coefficient (Wildman–Crippen LogP) is 3.21. The van der Waals surface area contributed by atoms with Gasteiger partial charge in [0.15, 0.2) is 11.5 Å². The average molecular weight is 339 g/mol. The fourth-order valence-electron chi connectivity index (χ4n) is 2.21. The summed E-state index contributed by atoms with van der Waals surface area (Å²) in [6.07, 6.45) is 1.41. The smallest absolute Gasteiger partial charge is 0.203 e. The molecule has 0 fully saturated rings. The number of Topliss-reactive ketones (excluding diaryl/α,β-unsaturated/α-hetero) is 1. The molecule has 0 saturated carbocycles. The van der Waals surface area contributed by atoms with Gasteiger partial charge in [-0.05, 0) is 48.0 Å². The molecule has 0 aliphatic rings. The Morgan fingerprint density at radius 1 is 1.04 bits per heavy atom. The zero-order valence-corrected chi connectivity index (χ0v) is 14.1. The second kappa shape index (κ2) is 7.88. The number of phenols is 1. The lowest BCUT2D eigenvalue weighted by Crippen LogP contribution is -2.02. The summed E-state index contributed by atoms with van der Waals surface area (Å²) < 4.78 is 15.2. The number of nitriles is 1. The van der Waals surface area contributed by atoms with Crippen molar-refractivity contribution >= 4 is 11.9 Å². The fraction of sp³-hybridized carbons (Fsp3) is 0.158. The molecule has 0 amide bonds. The minimum absolute atomic E-state index is 0.0556. The molecule has 0 spiro atoms. The van der Waals surface area contributed by atoms with Crippen LogP contribution in [0.15, 0.2) is 42.0 Å². The molecule has 0 aromatic heterocycles. The normalized spacial score (nSPS) is 10.7. The van der Waals surface area contributed by atoms with Crippen LogP contribution in [0.4, 0.5) is 0 Å². The molecule has 0 unspecified atom stereocenters. The molecule has 0 heterocycles. The zero-order valence-electron chi connectivity index (χ0n) is 14.1. The van der Waals surface area contributed by atoms with Crippen molar-refractivity contribution in [3.63, 3.8) is 0 Å². The standard InChI is InChI=1S/C19H17NO5/c1-23-15-6-4-13(5-7-15)18(21)14(11-20)8-12-9-16(24-2)19(22)17(10-12)25-3/h4-10,22H,1-3H3. The maximum Gasteiger partial charge on any atom is 0.203 e. The number of ether oxygens (including phenoxy) is 3. The van der Waals surface area contributed by atoms with Crippen LogP contribution in [0.5, 0.6) is 23.0 Å². The van der Waals surface area contributed by atoms with Gasteiger partial charge in [-0.25, -0.2) is 0 Å². The molecule has 0 atom stereocenters. The third kappa shape index (κ3) is 3.90. The van der Waals surface area contributed by atoms with E-state index in [1.54, 1.807) is 24.3 Å². The molecule has 0 aliphatic carbocycles. The van der Waals surface area contributed by atoms with Gasteiger partial charge in [0.2, 0.25) is 11.5 Å². The Morgan fingerprint density at radius 3 is 2.04 bits per heavy atom. The molecule has 6 nitrogen and oxygen atoms in total. The van der Waals surface area contributed by atoms with Gasteiger partial charge in [0.25, 0.3) is 0 Å². The van der Waals surface area contributed by atoms with Gasteiger partial charge in [0, 0.05) is 5.56 Å². The van der Waals surface area contributed by atoms with E-state index in [1.807, 2.05) is 6.07 Å². The van der Waals surface area contributed by atoms with Crippen molar-refractivity contribution < 1.29 is 24.1 Å². The van der Waals surface area contributed by atoms with Crippen LogP contribution in [0.2, 0.25) is 0 Å². The monoisotopic (exact) mass is 339 g/mol. The van der Waals surface area contributed by atoms with Crippen molar-refractivity contribution in [1.29, 1.82) is 5.26 Å². The highest BCUT2D eigenvalue weighted by Gasteiger charge is 2.15. The van der Waals surface area contributed by atoms with Gasteiger partial charge in [0.05, 0.1) is 21.3 Å². The lowest BCUT2D eigenvalue weighted by molar-refractivity contribution is 0.104. The first-order valence-electron chi connectivity index (χ1n) is 7.29. The van der Waals surface area contributed by atoms with Gasteiger partial charge in [-0.15, -0.1) is 0 Å². The highest BCUT2D eigenvalue weighted by atomic mass is 16.5. The molecule has 2 aromatic rings. The number of aromatic hydroxyl groups is 1. The molecule has 0 radical (unpaired) electrons. The van der Waals surface area contributed by atoms with E-state index in [1.165, 1.54) is 39.5 Å². The van der Waals surface area contributed by atoms with E-state index >= 15 is 0 Å². The van der Waals surface area contributed by atoms with E-state index in [0.717, 1.165) is 0 Å². The van der Waals surface area contributed by atoms with Crippen LogP contribution in [0.3, 0.4) is 0 Å². The van der Waals surface area contributed by atoms with Crippen molar-refractivity contribution in [2.45, 2.75) is 0 Å². The van der Waals surface area contributed by atoms with Crippen LogP contribution in [-0.2, 0) is 0 Å². The first-order chi connectivity index (χ1) is 12.0. The summed E-state index contributed by atoms with van der Waals surface area (Å²) >= 11 is 0. The third-order valence-electron chi connectivity index (χ3n) is 3.53. The number of allylic oxidation sites excluding steroid dienone is 1. The lowest BCUT2D eigenvalue weighted by atomic mass is 10.0. The second-order valence-electron chi connectivity index (χ2n) is 5.00. The fourth-order valence-corrected chi connectivity index (χ4v) is 2.21. The van der Waals surface area contributed by atoms with Gasteiger partial charge in [-0.2, -0.15) is 5.26 Å². The van der Waals surface area contributed by atoms with Crippen molar-refractivity contribution in [2.75, 3.05) is 21.3 Å². The van der Waals surface area contributed by atoms with E-state index in [2.05, 4.69) is 0 Å². The van der Waals surface area contributed by atoms with E-state index < -0.39 is 5.78 Å². The number of hydrogen-bond donors (Lipinski definition) is 1. The summed E-state index contributed by atoms with van der Waals surface area (Å²) in [4.78, 5) is 12.5. The molecule has 2 rings (SSSR count). The number of hydrogen-bond acceptors (Lipinski definition) is 6. The van der Waals surface area contributed by atoms with Crippen LogP contribution >= 0.6 is 0 Å². The van der Waals surface area contributed by atoms with Crippen molar-refractivity contribution in [2.24, 2.45) is 0 Å². The summed E-state index contributed by atoms with van der Waals surface area (Å²) in [5.74, 6) is 0.407. The lowest BCUT2D eigenvalue weighted by Gasteiger charge is -2.09. The first kappa shape index (κ1) is 17.9. The van der Waals surface area contributed by atoms with E-state index in [0.29, 0.717) is 16.9 Å². The molecule has 2 aromatic carbocycles. The van der Waals surface area contributed by atoms with E-state index in [4.69, 9.17) is 14.2 Å². The van der Waals surface area contributed by atoms with Gasteiger partial charge in [-0.3, -0.25) is 4.79 Å². The number of carbonyl (C=O) groups excluding carboxylic acids is 1. The molecule has 6 heteroatoms. The Morgan fingerprint density at radius 2 is 1.60 bits per heavy atom. The number of methoxy groups -OCH3 is 3.